The molecule has 1 aliphatic rings. The molecule has 1 heterocycles. The first-order chi connectivity index (χ1) is 13.5. The van der Waals surface area contributed by atoms with Gasteiger partial charge in [-0.25, -0.2) is 9.37 Å². The highest BCUT2D eigenvalue weighted by Gasteiger charge is 2.23. The summed E-state index contributed by atoms with van der Waals surface area (Å²) in [4.78, 5) is 17.0. The Kier molecular flexibility index (Phi) is 5.00. The number of carbonyl (C=O) groups excluding carboxylic acids is 1. The van der Waals surface area contributed by atoms with Gasteiger partial charge in [0.1, 0.15) is 17.3 Å². The van der Waals surface area contributed by atoms with E-state index in [1.807, 2.05) is 12.1 Å². The molecule has 0 spiro atoms. The van der Waals surface area contributed by atoms with Crippen molar-refractivity contribution in [3.63, 3.8) is 0 Å². The van der Waals surface area contributed by atoms with Gasteiger partial charge in [-0.2, -0.15) is 0 Å². The Labute approximate surface area is 170 Å². The Morgan fingerprint density at radius 3 is 2.54 bits per heavy atom. The number of carbonyl (C=O) groups is 1. The highest BCUT2D eigenvalue weighted by atomic mass is 79.9. The van der Waals surface area contributed by atoms with E-state index in [4.69, 9.17) is 5.73 Å². The van der Waals surface area contributed by atoms with Gasteiger partial charge in [-0.3, -0.25) is 4.79 Å². The lowest BCUT2D eigenvalue weighted by atomic mass is 10.1. The molecule has 5 nitrogen and oxygen atoms in total. The Hall–Kier alpha value is -2.93. The van der Waals surface area contributed by atoms with Gasteiger partial charge < -0.3 is 16.4 Å². The fourth-order valence-corrected chi connectivity index (χ4v) is 3.74. The van der Waals surface area contributed by atoms with E-state index < -0.39 is 5.82 Å². The smallest absolute Gasteiger partial charge is 0.270 e. The highest BCUT2D eigenvalue weighted by molar-refractivity contribution is 9.10. The second kappa shape index (κ2) is 7.59. The maximum Gasteiger partial charge on any atom is 0.270 e. The molecule has 0 atom stereocenters. The van der Waals surface area contributed by atoms with Gasteiger partial charge in [0.25, 0.3) is 5.91 Å². The van der Waals surface area contributed by atoms with Crippen molar-refractivity contribution in [3.8, 4) is 0 Å². The molecular weight excluding hydrogens is 423 g/mol. The zero-order valence-electron chi connectivity index (χ0n) is 14.9. The van der Waals surface area contributed by atoms with Crippen LogP contribution in [-0.2, 0) is 12.8 Å². The van der Waals surface area contributed by atoms with E-state index in [1.54, 1.807) is 18.2 Å². The van der Waals surface area contributed by atoms with Crippen LogP contribution in [0.5, 0.6) is 0 Å². The van der Waals surface area contributed by atoms with E-state index in [0.29, 0.717) is 11.5 Å². The molecule has 28 heavy (non-hydrogen) atoms. The number of nitrogen functional groups attached to an aromatic ring is 1. The second-order valence-corrected chi connectivity index (χ2v) is 7.68. The Balaban J connectivity index is 1.51. The van der Waals surface area contributed by atoms with Crippen molar-refractivity contribution in [1.82, 2.24) is 10.3 Å². The standard InChI is InChI=1S/C21H18BrFN4O/c22-14-5-6-17(23)18(9-14)26-20-11-15(24)10-19(27-20)21(28)25-16-7-12-3-1-2-4-13(12)8-16/h1-6,9-11,16H,7-8H2,(H,25,28)(H3,24,26,27). The van der Waals surface area contributed by atoms with Crippen LogP contribution in [0.25, 0.3) is 0 Å². The van der Waals surface area contributed by atoms with E-state index in [0.717, 1.165) is 17.3 Å². The molecule has 2 aromatic carbocycles. The van der Waals surface area contributed by atoms with Crippen LogP contribution < -0.4 is 16.4 Å². The van der Waals surface area contributed by atoms with Crippen LogP contribution in [0, 0.1) is 5.82 Å². The van der Waals surface area contributed by atoms with Gasteiger partial charge in [0.15, 0.2) is 0 Å². The molecular formula is C21H18BrFN4O. The number of hydrogen-bond acceptors (Lipinski definition) is 4. The molecule has 4 N–H and O–H groups in total. The molecule has 7 heteroatoms. The number of fused-ring (bicyclic) bond motifs is 1. The normalized spacial score (nSPS) is 13.2. The summed E-state index contributed by atoms with van der Waals surface area (Å²) in [6, 6.07) is 15.8. The van der Waals surface area contributed by atoms with Gasteiger partial charge in [-0.05, 0) is 48.2 Å². The van der Waals surface area contributed by atoms with Gasteiger partial charge >= 0.3 is 0 Å². The fourth-order valence-electron chi connectivity index (χ4n) is 3.38. The first-order valence-electron chi connectivity index (χ1n) is 8.85. The number of nitrogens with zero attached hydrogens (tertiary/aromatic N) is 1. The second-order valence-electron chi connectivity index (χ2n) is 6.77. The van der Waals surface area contributed by atoms with E-state index >= 15 is 0 Å². The third-order valence-electron chi connectivity index (χ3n) is 4.66. The Morgan fingerprint density at radius 1 is 1.11 bits per heavy atom. The van der Waals surface area contributed by atoms with Crippen molar-refractivity contribution in [2.24, 2.45) is 0 Å². The summed E-state index contributed by atoms with van der Waals surface area (Å²) in [6.45, 7) is 0. The summed E-state index contributed by atoms with van der Waals surface area (Å²) in [5.41, 5.74) is 9.23. The molecule has 0 bridgehead atoms. The molecule has 1 amide bonds. The summed E-state index contributed by atoms with van der Waals surface area (Å²) in [5.74, 6) is -0.429. The van der Waals surface area contributed by atoms with Crippen molar-refractivity contribution in [1.29, 1.82) is 0 Å². The van der Waals surface area contributed by atoms with Crippen LogP contribution in [0.3, 0.4) is 0 Å². The van der Waals surface area contributed by atoms with Crippen LogP contribution in [0.1, 0.15) is 21.6 Å². The number of halogens is 2. The molecule has 4 rings (SSSR count). The number of benzene rings is 2. The van der Waals surface area contributed by atoms with Crippen LogP contribution >= 0.6 is 15.9 Å². The number of amides is 1. The largest absolute Gasteiger partial charge is 0.399 e. The van der Waals surface area contributed by atoms with Gasteiger partial charge in [-0.15, -0.1) is 0 Å². The Bertz CT molecular complexity index is 1030. The summed E-state index contributed by atoms with van der Waals surface area (Å²) in [6.07, 6.45) is 1.58. The number of hydrogen-bond donors (Lipinski definition) is 3. The predicted octanol–water partition coefficient (Wildman–Crippen LogP) is 4.21. The number of aromatic nitrogens is 1. The SMILES string of the molecule is Nc1cc(Nc2cc(Br)ccc2F)nc(C(=O)NC2Cc3ccccc3C2)c1. The van der Waals surface area contributed by atoms with E-state index in [9.17, 15) is 9.18 Å². The third kappa shape index (κ3) is 3.99. The number of rotatable bonds is 4. The molecule has 0 saturated heterocycles. The summed E-state index contributed by atoms with van der Waals surface area (Å²) in [5, 5.41) is 5.90. The monoisotopic (exact) mass is 440 g/mol. The average Bonchev–Trinajstić information content (AvgIpc) is 3.06. The molecule has 0 aliphatic heterocycles. The molecule has 1 aromatic heterocycles. The summed E-state index contributed by atoms with van der Waals surface area (Å²) < 4.78 is 14.7. The zero-order valence-corrected chi connectivity index (χ0v) is 16.5. The zero-order chi connectivity index (χ0) is 19.7. The topological polar surface area (TPSA) is 80.0 Å². The van der Waals surface area contributed by atoms with Crippen molar-refractivity contribution < 1.29 is 9.18 Å². The molecule has 1 aliphatic carbocycles. The molecule has 3 aromatic rings. The van der Waals surface area contributed by atoms with E-state index in [1.165, 1.54) is 23.3 Å². The summed E-state index contributed by atoms with van der Waals surface area (Å²) >= 11 is 3.31. The molecule has 0 saturated carbocycles. The highest BCUT2D eigenvalue weighted by Crippen LogP contribution is 2.25. The maximum absolute atomic E-state index is 14.0. The average molecular weight is 441 g/mol. The van der Waals surface area contributed by atoms with Crippen molar-refractivity contribution in [2.45, 2.75) is 18.9 Å². The minimum Gasteiger partial charge on any atom is -0.399 e. The molecule has 142 valence electrons. The quantitative estimate of drug-likeness (QED) is 0.567. The fraction of sp³-hybridized carbons (Fsp3) is 0.143. The van der Waals surface area contributed by atoms with Crippen LogP contribution in [0.2, 0.25) is 0 Å². The van der Waals surface area contributed by atoms with Crippen LogP contribution in [0.4, 0.5) is 21.6 Å². The molecule has 0 fully saturated rings. The Morgan fingerprint density at radius 2 is 1.82 bits per heavy atom. The first kappa shape index (κ1) is 18.4. The molecule has 0 radical (unpaired) electrons. The lowest BCUT2D eigenvalue weighted by molar-refractivity contribution is 0.0933. The van der Waals surface area contributed by atoms with Crippen molar-refractivity contribution in [3.05, 3.63) is 81.7 Å². The third-order valence-corrected chi connectivity index (χ3v) is 5.15. The van der Waals surface area contributed by atoms with Crippen LogP contribution in [0.15, 0.2) is 59.1 Å². The van der Waals surface area contributed by atoms with E-state index in [2.05, 4.69) is 43.7 Å². The lowest BCUT2D eigenvalue weighted by Crippen LogP contribution is -2.35. The summed E-state index contributed by atoms with van der Waals surface area (Å²) in [7, 11) is 0. The number of pyridine rings is 1. The first-order valence-corrected chi connectivity index (χ1v) is 9.64. The number of nitrogens with two attached hydrogens (primary N) is 1. The van der Waals surface area contributed by atoms with Gasteiger partial charge in [0, 0.05) is 22.3 Å². The molecule has 0 unspecified atom stereocenters. The predicted molar refractivity (Wildman–Crippen MR) is 111 cm³/mol. The van der Waals surface area contributed by atoms with Crippen LogP contribution in [-0.4, -0.2) is 16.9 Å². The van der Waals surface area contributed by atoms with Crippen molar-refractivity contribution in [2.75, 3.05) is 11.1 Å². The lowest BCUT2D eigenvalue weighted by Gasteiger charge is -2.13. The number of nitrogens with one attached hydrogen (secondary N) is 2. The van der Waals surface area contributed by atoms with Gasteiger partial charge in [0.05, 0.1) is 5.69 Å². The van der Waals surface area contributed by atoms with Gasteiger partial charge in [-0.1, -0.05) is 40.2 Å². The van der Waals surface area contributed by atoms with E-state index in [-0.39, 0.29) is 23.3 Å². The minimum absolute atomic E-state index is 0.0204. The van der Waals surface area contributed by atoms with Crippen molar-refractivity contribution >= 4 is 39.0 Å². The number of anilines is 3. The maximum atomic E-state index is 14.0. The minimum atomic E-state index is -0.429. The van der Waals surface area contributed by atoms with Gasteiger partial charge in [0.2, 0.25) is 0 Å².